The Hall–Kier alpha value is -1.42. The second-order valence-corrected chi connectivity index (χ2v) is 9.25. The molecule has 1 aromatic rings. The molecule has 0 amide bonds. The van der Waals surface area contributed by atoms with Gasteiger partial charge >= 0.3 is 118 Å². The number of benzene rings is 1. The second-order valence-electron chi connectivity index (χ2n) is 6.49. The molecule has 29 heavy (non-hydrogen) atoms. The first kappa shape index (κ1) is 25.6. The minimum Gasteiger partial charge on any atom is -0.480 e. The SMILES string of the molecule is CSCCC(N[Se]C(=O)C1CCCN1)C(=O)O.NC(Cc1ccccc1)C(=O)O. The summed E-state index contributed by atoms with van der Waals surface area (Å²) in [7, 11) is 0. The van der Waals surface area contributed by atoms with Crippen LogP contribution in [0.1, 0.15) is 24.8 Å². The Kier molecular flexibility index (Phi) is 12.8. The van der Waals surface area contributed by atoms with Gasteiger partial charge in [0.15, 0.2) is 0 Å². The monoisotopic (exact) mass is 491 g/mol. The van der Waals surface area contributed by atoms with Gasteiger partial charge in [-0.05, 0) is 12.0 Å². The van der Waals surface area contributed by atoms with E-state index >= 15 is 0 Å². The van der Waals surface area contributed by atoms with E-state index in [9.17, 15) is 14.4 Å². The zero-order chi connectivity index (χ0) is 21.6. The van der Waals surface area contributed by atoms with E-state index in [4.69, 9.17) is 15.9 Å². The number of rotatable bonds is 11. The Morgan fingerprint density at radius 2 is 1.97 bits per heavy atom. The van der Waals surface area contributed by atoms with E-state index in [2.05, 4.69) is 9.65 Å². The molecule has 0 saturated carbocycles. The number of aliphatic carboxylic acids is 2. The molecule has 10 heteroatoms. The standard InChI is InChI=1S/C10H18N2O3SSe.C9H11NO2/c1-16-6-4-7(9(13)14)12-17-10(15)8-3-2-5-11-8;10-8(9(11)12)6-7-4-2-1-3-5-7/h7-8,11-12H,2-6H2,1H3,(H,13,14);1-5,8H,6,10H2,(H,11,12). The summed E-state index contributed by atoms with van der Waals surface area (Å²) in [6, 6.07) is 7.90. The predicted octanol–water partition coefficient (Wildman–Crippen LogP) is 0.321. The van der Waals surface area contributed by atoms with Crippen molar-refractivity contribution in [2.45, 2.75) is 43.8 Å². The summed E-state index contributed by atoms with van der Waals surface area (Å²) < 4.78 is 3.02. The number of hydrogen-bond donors (Lipinski definition) is 5. The Bertz CT molecular complexity index is 644. The van der Waals surface area contributed by atoms with Crippen LogP contribution in [-0.4, -0.2) is 78.7 Å². The van der Waals surface area contributed by atoms with Gasteiger partial charge in [-0.3, -0.25) is 4.79 Å². The maximum absolute atomic E-state index is 11.8. The van der Waals surface area contributed by atoms with Gasteiger partial charge in [-0.1, -0.05) is 30.3 Å². The van der Waals surface area contributed by atoms with E-state index in [1.54, 1.807) is 11.8 Å². The zero-order valence-corrected chi connectivity index (χ0v) is 18.9. The topological polar surface area (TPSA) is 142 Å². The summed E-state index contributed by atoms with van der Waals surface area (Å²) in [5.74, 6) is -1.04. The molecule has 0 aliphatic carbocycles. The number of thioether (sulfide) groups is 1. The molecule has 1 aliphatic rings. The number of carboxylic acids is 2. The predicted molar refractivity (Wildman–Crippen MR) is 115 cm³/mol. The molecular formula is C19H29N3O5SSe. The van der Waals surface area contributed by atoms with Gasteiger partial charge in [0.05, 0.1) is 0 Å². The van der Waals surface area contributed by atoms with Gasteiger partial charge in [-0.25, -0.2) is 0 Å². The van der Waals surface area contributed by atoms with Crippen molar-refractivity contribution in [2.75, 3.05) is 18.6 Å². The fourth-order valence-corrected chi connectivity index (χ4v) is 4.70. The van der Waals surface area contributed by atoms with Gasteiger partial charge < -0.3 is 10.8 Å². The quantitative estimate of drug-likeness (QED) is 0.277. The average Bonchev–Trinajstić information content (AvgIpc) is 3.23. The fraction of sp³-hybridized carbons (Fsp3) is 0.526. The second kappa shape index (κ2) is 14.5. The van der Waals surface area contributed by atoms with Crippen molar-refractivity contribution in [2.24, 2.45) is 5.73 Å². The summed E-state index contributed by atoms with van der Waals surface area (Å²) in [4.78, 5) is 33.1. The van der Waals surface area contributed by atoms with Crippen LogP contribution in [0.25, 0.3) is 0 Å². The van der Waals surface area contributed by atoms with E-state index in [1.165, 1.54) is 0 Å². The molecule has 0 radical (unpaired) electrons. The first-order chi connectivity index (χ1) is 13.8. The van der Waals surface area contributed by atoms with Crippen molar-refractivity contribution < 1.29 is 24.6 Å². The molecule has 0 spiro atoms. The van der Waals surface area contributed by atoms with Crippen molar-refractivity contribution in [1.29, 1.82) is 0 Å². The molecule has 6 N–H and O–H groups in total. The molecule has 3 atom stereocenters. The molecule has 162 valence electrons. The number of carbonyl (C=O) groups is 3. The third-order valence-corrected chi connectivity index (χ3v) is 6.68. The Labute approximate surface area is 181 Å². The minimum absolute atomic E-state index is 0.0579. The van der Waals surface area contributed by atoms with Crippen LogP contribution in [0.4, 0.5) is 0 Å². The van der Waals surface area contributed by atoms with Crippen LogP contribution in [0.3, 0.4) is 0 Å². The first-order valence-electron chi connectivity index (χ1n) is 9.28. The maximum atomic E-state index is 11.8. The van der Waals surface area contributed by atoms with Crippen LogP contribution in [-0.2, 0) is 20.8 Å². The minimum atomic E-state index is -0.959. The van der Waals surface area contributed by atoms with Crippen LogP contribution in [0, 0.1) is 0 Å². The largest absolute Gasteiger partial charge is 0.480 e. The first-order valence-corrected chi connectivity index (χ1v) is 12.4. The number of hydrogen-bond acceptors (Lipinski definition) is 7. The van der Waals surface area contributed by atoms with Gasteiger partial charge in [-0.2, -0.15) is 0 Å². The van der Waals surface area contributed by atoms with Crippen molar-refractivity contribution in [3.8, 4) is 0 Å². The van der Waals surface area contributed by atoms with Crippen LogP contribution >= 0.6 is 11.8 Å². The molecule has 3 unspecified atom stereocenters. The van der Waals surface area contributed by atoms with E-state index in [1.807, 2.05) is 36.6 Å². The fourth-order valence-electron chi connectivity index (χ4n) is 2.51. The molecule has 1 aliphatic heterocycles. The molecule has 1 heterocycles. The molecule has 0 aromatic heterocycles. The summed E-state index contributed by atoms with van der Waals surface area (Å²) in [5, 5.41) is 20.6. The zero-order valence-electron chi connectivity index (χ0n) is 16.4. The number of carboxylic acid groups (broad SMARTS) is 2. The van der Waals surface area contributed by atoms with Crippen LogP contribution in [0.15, 0.2) is 30.3 Å². The Balaban J connectivity index is 0.000000308. The third kappa shape index (κ3) is 10.8. The number of nitrogens with two attached hydrogens (primary N) is 1. The summed E-state index contributed by atoms with van der Waals surface area (Å²) in [6.45, 7) is 0.890. The molecule has 8 nitrogen and oxygen atoms in total. The number of carbonyl (C=O) groups excluding carboxylic acids is 1. The number of nitrogens with one attached hydrogen (secondary N) is 2. The van der Waals surface area contributed by atoms with Gasteiger partial charge in [0, 0.05) is 0 Å². The molecule has 1 saturated heterocycles. The summed E-state index contributed by atoms with van der Waals surface area (Å²) in [5.41, 5.74) is 6.30. The van der Waals surface area contributed by atoms with Gasteiger partial charge in [0.25, 0.3) is 0 Å². The van der Waals surface area contributed by atoms with E-state index in [-0.39, 0.29) is 10.7 Å². The van der Waals surface area contributed by atoms with E-state index < -0.39 is 39.2 Å². The van der Waals surface area contributed by atoms with Gasteiger partial charge in [-0.15, -0.1) is 0 Å². The normalized spacial score (nSPS) is 17.7. The molecule has 1 aromatic carbocycles. The molecular weight excluding hydrogens is 461 g/mol. The van der Waals surface area contributed by atoms with Crippen molar-refractivity contribution in [3.63, 3.8) is 0 Å². The summed E-state index contributed by atoms with van der Waals surface area (Å²) in [6.07, 6.45) is 4.80. The maximum Gasteiger partial charge on any atom is 0.320 e. The van der Waals surface area contributed by atoms with Crippen molar-refractivity contribution in [1.82, 2.24) is 9.65 Å². The molecule has 2 rings (SSSR count). The van der Waals surface area contributed by atoms with Gasteiger partial charge in [0.1, 0.15) is 6.04 Å². The van der Waals surface area contributed by atoms with Crippen LogP contribution in [0.5, 0.6) is 0 Å². The van der Waals surface area contributed by atoms with Crippen molar-refractivity contribution in [3.05, 3.63) is 35.9 Å². The smallest absolute Gasteiger partial charge is 0.320 e. The van der Waals surface area contributed by atoms with Gasteiger partial charge in [0.2, 0.25) is 0 Å². The van der Waals surface area contributed by atoms with Crippen LogP contribution < -0.4 is 15.4 Å². The third-order valence-electron chi connectivity index (χ3n) is 4.17. The average molecular weight is 490 g/mol. The summed E-state index contributed by atoms with van der Waals surface area (Å²) >= 11 is 1.17. The van der Waals surface area contributed by atoms with Crippen molar-refractivity contribution >= 4 is 43.6 Å². The Morgan fingerprint density at radius 3 is 2.48 bits per heavy atom. The Morgan fingerprint density at radius 1 is 1.28 bits per heavy atom. The molecule has 0 bridgehead atoms. The van der Waals surface area contributed by atoms with E-state index in [0.717, 1.165) is 30.7 Å². The molecule has 1 fully saturated rings. The van der Waals surface area contributed by atoms with Crippen LogP contribution in [0.2, 0.25) is 0 Å². The van der Waals surface area contributed by atoms with E-state index in [0.29, 0.717) is 12.8 Å².